The van der Waals surface area contributed by atoms with Gasteiger partial charge in [-0.15, -0.1) is 0 Å². The molecule has 0 bridgehead atoms. The summed E-state index contributed by atoms with van der Waals surface area (Å²) >= 11 is 0. The maximum Gasteiger partial charge on any atom is 0.253 e. The lowest BCUT2D eigenvalue weighted by atomic mass is 10.1. The van der Waals surface area contributed by atoms with E-state index in [1.54, 1.807) is 18.5 Å². The van der Waals surface area contributed by atoms with Gasteiger partial charge < -0.3 is 10.6 Å². The molecule has 0 aromatic carbocycles. The van der Waals surface area contributed by atoms with Gasteiger partial charge in [-0.3, -0.25) is 9.78 Å². The first-order chi connectivity index (χ1) is 8.72. The van der Waals surface area contributed by atoms with Crippen LogP contribution in [0.3, 0.4) is 0 Å². The van der Waals surface area contributed by atoms with Crippen LogP contribution in [0.25, 0.3) is 0 Å². The zero-order valence-electron chi connectivity index (χ0n) is 11.1. The molecule has 0 radical (unpaired) electrons. The second-order valence-electron chi connectivity index (χ2n) is 4.95. The number of anilines is 1. The third kappa shape index (κ3) is 3.22. The molecule has 1 unspecified atom stereocenters. The van der Waals surface area contributed by atoms with Crippen molar-refractivity contribution in [2.75, 3.05) is 11.9 Å². The van der Waals surface area contributed by atoms with Crippen molar-refractivity contribution < 1.29 is 4.79 Å². The highest BCUT2D eigenvalue weighted by atomic mass is 16.1. The normalized spacial score (nSPS) is 16.1. The first kappa shape index (κ1) is 12.9. The molecule has 0 saturated heterocycles. The van der Waals surface area contributed by atoms with Gasteiger partial charge in [0.25, 0.3) is 5.91 Å². The number of rotatable bonds is 6. The first-order valence-corrected chi connectivity index (χ1v) is 6.71. The molecule has 0 aliphatic heterocycles. The Bertz CT molecular complexity index is 415. The predicted molar refractivity (Wildman–Crippen MR) is 72.7 cm³/mol. The summed E-state index contributed by atoms with van der Waals surface area (Å²) in [5, 5.41) is 6.31. The van der Waals surface area contributed by atoms with Crippen LogP contribution in [-0.2, 0) is 0 Å². The number of carbonyl (C=O) groups is 1. The van der Waals surface area contributed by atoms with E-state index in [0.717, 1.165) is 18.7 Å². The van der Waals surface area contributed by atoms with Crippen LogP contribution in [0.2, 0.25) is 0 Å². The third-order valence-electron chi connectivity index (χ3n) is 3.32. The number of pyridine rings is 1. The summed E-state index contributed by atoms with van der Waals surface area (Å²) in [5.74, 6) is 0.665. The Morgan fingerprint density at radius 3 is 3.00 bits per heavy atom. The number of hydrogen-bond donors (Lipinski definition) is 2. The highest BCUT2D eigenvalue weighted by Gasteiger charge is 2.29. The van der Waals surface area contributed by atoms with Gasteiger partial charge in [-0.2, -0.15) is 0 Å². The van der Waals surface area contributed by atoms with Crippen molar-refractivity contribution >= 4 is 11.6 Å². The summed E-state index contributed by atoms with van der Waals surface area (Å²) in [6.45, 7) is 5.03. The van der Waals surface area contributed by atoms with Gasteiger partial charge in [0.2, 0.25) is 0 Å². The average molecular weight is 247 g/mol. The molecule has 1 fully saturated rings. The van der Waals surface area contributed by atoms with Gasteiger partial charge in [0.15, 0.2) is 0 Å². The minimum Gasteiger partial charge on any atom is -0.383 e. The summed E-state index contributed by atoms with van der Waals surface area (Å²) in [7, 11) is 0. The third-order valence-corrected chi connectivity index (χ3v) is 3.32. The van der Waals surface area contributed by atoms with Crippen molar-refractivity contribution in [1.82, 2.24) is 10.3 Å². The monoisotopic (exact) mass is 247 g/mol. The van der Waals surface area contributed by atoms with Crippen molar-refractivity contribution in [3.63, 3.8) is 0 Å². The Balaban J connectivity index is 2.03. The molecule has 1 aliphatic rings. The van der Waals surface area contributed by atoms with Crippen LogP contribution in [0, 0.1) is 5.92 Å². The van der Waals surface area contributed by atoms with Crippen molar-refractivity contribution in [3.05, 3.63) is 24.0 Å². The molecule has 0 spiro atoms. The topological polar surface area (TPSA) is 54.0 Å². The summed E-state index contributed by atoms with van der Waals surface area (Å²) in [6.07, 6.45) is 6.87. The maximum atomic E-state index is 12.2. The number of nitrogens with zero attached hydrogens (tertiary/aromatic N) is 1. The average Bonchev–Trinajstić information content (AvgIpc) is 3.20. The van der Waals surface area contributed by atoms with Gasteiger partial charge >= 0.3 is 0 Å². The number of carbonyl (C=O) groups excluding carboxylic acids is 1. The van der Waals surface area contributed by atoms with Crippen LogP contribution in [0.15, 0.2) is 18.5 Å². The fraction of sp³-hybridized carbons (Fsp3) is 0.571. The quantitative estimate of drug-likeness (QED) is 0.811. The number of nitrogens with one attached hydrogen (secondary N) is 2. The minimum atomic E-state index is -0.00426. The largest absolute Gasteiger partial charge is 0.383 e. The molecule has 1 aromatic heterocycles. The van der Waals surface area contributed by atoms with Gasteiger partial charge in [0.1, 0.15) is 0 Å². The van der Waals surface area contributed by atoms with E-state index in [-0.39, 0.29) is 11.9 Å². The van der Waals surface area contributed by atoms with Crippen molar-refractivity contribution in [2.24, 2.45) is 5.92 Å². The highest BCUT2D eigenvalue weighted by Crippen LogP contribution is 2.32. The van der Waals surface area contributed by atoms with Gasteiger partial charge in [-0.05, 0) is 38.2 Å². The fourth-order valence-corrected chi connectivity index (χ4v) is 1.99. The van der Waals surface area contributed by atoms with Crippen LogP contribution in [-0.4, -0.2) is 23.5 Å². The standard InChI is InChI=1S/C14H21N3O/c1-3-7-16-13-9-15-8-6-12(13)14(18)17-10(2)11-4-5-11/h6,8-11,16H,3-5,7H2,1-2H3,(H,17,18). The van der Waals surface area contributed by atoms with E-state index in [0.29, 0.717) is 11.5 Å². The summed E-state index contributed by atoms with van der Waals surface area (Å²) in [6, 6.07) is 2.04. The molecule has 1 aliphatic carbocycles. The van der Waals surface area contributed by atoms with E-state index < -0.39 is 0 Å². The lowest BCUT2D eigenvalue weighted by molar-refractivity contribution is 0.0936. The highest BCUT2D eigenvalue weighted by molar-refractivity contribution is 5.99. The zero-order chi connectivity index (χ0) is 13.0. The Morgan fingerprint density at radius 1 is 1.56 bits per heavy atom. The molecule has 1 heterocycles. The van der Waals surface area contributed by atoms with Gasteiger partial charge in [-0.1, -0.05) is 6.92 Å². The van der Waals surface area contributed by atoms with E-state index >= 15 is 0 Å². The number of hydrogen-bond acceptors (Lipinski definition) is 3. The summed E-state index contributed by atoms with van der Waals surface area (Å²) in [4.78, 5) is 16.3. The Kier molecular flexibility index (Phi) is 4.18. The van der Waals surface area contributed by atoms with Gasteiger partial charge in [0.05, 0.1) is 17.4 Å². The summed E-state index contributed by atoms with van der Waals surface area (Å²) < 4.78 is 0. The predicted octanol–water partition coefficient (Wildman–Crippen LogP) is 2.43. The Labute approximate surface area is 108 Å². The fourth-order valence-electron chi connectivity index (χ4n) is 1.99. The molecule has 1 amide bonds. The van der Waals surface area contributed by atoms with Crippen molar-refractivity contribution in [1.29, 1.82) is 0 Å². The van der Waals surface area contributed by atoms with Crippen LogP contribution in [0.1, 0.15) is 43.5 Å². The lowest BCUT2D eigenvalue weighted by Gasteiger charge is -2.15. The van der Waals surface area contributed by atoms with E-state index in [1.807, 2.05) is 0 Å². The molecule has 1 aromatic rings. The maximum absolute atomic E-state index is 12.2. The Morgan fingerprint density at radius 2 is 2.33 bits per heavy atom. The van der Waals surface area contributed by atoms with Crippen molar-refractivity contribution in [2.45, 2.75) is 39.2 Å². The van der Waals surface area contributed by atoms with Crippen molar-refractivity contribution in [3.8, 4) is 0 Å². The first-order valence-electron chi connectivity index (χ1n) is 6.71. The minimum absolute atomic E-state index is 0.00426. The molecule has 2 N–H and O–H groups in total. The van der Waals surface area contributed by atoms with E-state index in [2.05, 4.69) is 29.5 Å². The smallest absolute Gasteiger partial charge is 0.253 e. The second kappa shape index (κ2) is 5.85. The molecular formula is C14H21N3O. The van der Waals surface area contributed by atoms with Crippen LogP contribution < -0.4 is 10.6 Å². The molecule has 18 heavy (non-hydrogen) atoms. The SMILES string of the molecule is CCCNc1cnccc1C(=O)NC(C)C1CC1. The van der Waals surface area contributed by atoms with E-state index in [1.165, 1.54) is 12.8 Å². The summed E-state index contributed by atoms with van der Waals surface area (Å²) in [5.41, 5.74) is 1.51. The lowest BCUT2D eigenvalue weighted by Crippen LogP contribution is -2.34. The zero-order valence-corrected chi connectivity index (χ0v) is 11.1. The molecule has 4 heteroatoms. The molecule has 98 valence electrons. The van der Waals surface area contributed by atoms with Crippen LogP contribution in [0.5, 0.6) is 0 Å². The van der Waals surface area contributed by atoms with Gasteiger partial charge in [0, 0.05) is 18.8 Å². The molecular weight excluding hydrogens is 226 g/mol. The van der Waals surface area contributed by atoms with Crippen LogP contribution >= 0.6 is 0 Å². The second-order valence-corrected chi connectivity index (χ2v) is 4.95. The Hall–Kier alpha value is -1.58. The molecule has 2 rings (SSSR count). The van der Waals surface area contributed by atoms with E-state index in [4.69, 9.17) is 0 Å². The molecule has 1 atom stereocenters. The van der Waals surface area contributed by atoms with Gasteiger partial charge in [-0.25, -0.2) is 0 Å². The van der Waals surface area contributed by atoms with E-state index in [9.17, 15) is 4.79 Å². The van der Waals surface area contributed by atoms with Crippen LogP contribution in [0.4, 0.5) is 5.69 Å². The number of amides is 1. The molecule has 4 nitrogen and oxygen atoms in total. The number of aromatic nitrogens is 1. The molecule has 1 saturated carbocycles.